The molecule has 1 aromatic heterocycles. The van der Waals surface area contributed by atoms with Crippen molar-refractivity contribution in [1.29, 1.82) is 0 Å². The number of carbonyl (C=O) groups is 2. The predicted octanol–water partition coefficient (Wildman–Crippen LogP) is 1.41. The smallest absolute Gasteiger partial charge is 0.252 e. The normalized spacial score (nSPS) is 19.7. The molecule has 1 saturated heterocycles. The van der Waals surface area contributed by atoms with Crippen molar-refractivity contribution in [1.82, 2.24) is 9.88 Å². The molecule has 2 amide bonds. The van der Waals surface area contributed by atoms with E-state index in [1.807, 2.05) is 11.0 Å². The maximum absolute atomic E-state index is 12.6. The number of pyridine rings is 1. The van der Waals surface area contributed by atoms with Crippen LogP contribution in [0.15, 0.2) is 18.5 Å². The lowest BCUT2D eigenvalue weighted by Gasteiger charge is -2.38. The number of anilines is 1. The van der Waals surface area contributed by atoms with Crippen LogP contribution in [0.1, 0.15) is 42.5 Å². The molecule has 0 spiro atoms. The minimum Gasteiger partial charge on any atom is -0.367 e. The van der Waals surface area contributed by atoms with Crippen LogP contribution >= 0.6 is 0 Å². The van der Waals surface area contributed by atoms with E-state index in [-0.39, 0.29) is 5.92 Å². The van der Waals surface area contributed by atoms with E-state index in [9.17, 15) is 9.59 Å². The van der Waals surface area contributed by atoms with Crippen molar-refractivity contribution in [3.63, 3.8) is 0 Å². The van der Waals surface area contributed by atoms with Crippen LogP contribution in [0.5, 0.6) is 0 Å². The summed E-state index contributed by atoms with van der Waals surface area (Å²) in [5.74, 6) is 0.0698. The Morgan fingerprint density at radius 3 is 2.43 bits per heavy atom. The summed E-state index contributed by atoms with van der Waals surface area (Å²) in [5.41, 5.74) is 6.69. The lowest BCUT2D eigenvalue weighted by molar-refractivity contribution is -0.136. The van der Waals surface area contributed by atoms with Gasteiger partial charge >= 0.3 is 0 Å². The Kier molecular flexibility index (Phi) is 4.79. The standard InChI is InChI=1S/C17H24N4O2/c18-16(22)14-12-19-7-6-15(14)20-8-10-21(11-9-20)17(23)13-4-2-1-3-5-13/h6-7,12-13H,1-5,8-11H2,(H2,18,22). The highest BCUT2D eigenvalue weighted by Crippen LogP contribution is 2.27. The summed E-state index contributed by atoms with van der Waals surface area (Å²) in [7, 11) is 0. The fourth-order valence-electron chi connectivity index (χ4n) is 3.63. The molecule has 0 radical (unpaired) electrons. The van der Waals surface area contributed by atoms with Crippen LogP contribution in [0.4, 0.5) is 5.69 Å². The summed E-state index contributed by atoms with van der Waals surface area (Å²) in [6, 6.07) is 1.82. The first-order valence-electron chi connectivity index (χ1n) is 8.44. The molecule has 0 unspecified atom stereocenters. The minimum absolute atomic E-state index is 0.220. The predicted molar refractivity (Wildman–Crippen MR) is 88.1 cm³/mol. The van der Waals surface area contributed by atoms with Crippen LogP contribution in [0, 0.1) is 5.92 Å². The summed E-state index contributed by atoms with van der Waals surface area (Å²) < 4.78 is 0. The number of piperazine rings is 1. The van der Waals surface area contributed by atoms with Crippen molar-refractivity contribution in [2.24, 2.45) is 11.7 Å². The third kappa shape index (κ3) is 3.46. The van der Waals surface area contributed by atoms with E-state index in [0.29, 0.717) is 24.6 Å². The van der Waals surface area contributed by atoms with E-state index in [1.165, 1.54) is 25.5 Å². The fraction of sp³-hybridized carbons (Fsp3) is 0.588. The molecule has 6 nitrogen and oxygen atoms in total. The zero-order valence-electron chi connectivity index (χ0n) is 13.4. The van der Waals surface area contributed by atoms with Crippen LogP contribution in [0.2, 0.25) is 0 Å². The minimum atomic E-state index is -0.464. The van der Waals surface area contributed by atoms with Gasteiger partial charge in [0.2, 0.25) is 5.91 Å². The highest BCUT2D eigenvalue weighted by Gasteiger charge is 2.29. The summed E-state index contributed by atoms with van der Waals surface area (Å²) in [6.07, 6.45) is 8.86. The molecule has 124 valence electrons. The average Bonchev–Trinajstić information content (AvgIpc) is 2.62. The third-order valence-electron chi connectivity index (χ3n) is 4.95. The van der Waals surface area contributed by atoms with Crippen molar-refractivity contribution in [2.45, 2.75) is 32.1 Å². The van der Waals surface area contributed by atoms with Crippen molar-refractivity contribution >= 4 is 17.5 Å². The Morgan fingerprint density at radius 2 is 1.78 bits per heavy atom. The third-order valence-corrected chi connectivity index (χ3v) is 4.95. The molecule has 3 rings (SSSR count). The van der Waals surface area contributed by atoms with Crippen molar-refractivity contribution in [2.75, 3.05) is 31.1 Å². The Hall–Kier alpha value is -2.11. The second kappa shape index (κ2) is 6.98. The van der Waals surface area contributed by atoms with E-state index in [1.54, 1.807) is 6.20 Å². The van der Waals surface area contributed by atoms with Gasteiger partial charge in [-0.1, -0.05) is 19.3 Å². The number of aromatic nitrogens is 1. The number of hydrogen-bond donors (Lipinski definition) is 1. The van der Waals surface area contributed by atoms with E-state index in [0.717, 1.165) is 31.6 Å². The van der Waals surface area contributed by atoms with Crippen LogP contribution < -0.4 is 10.6 Å². The molecule has 1 saturated carbocycles. The number of amides is 2. The van der Waals surface area contributed by atoms with E-state index < -0.39 is 5.91 Å². The van der Waals surface area contributed by atoms with Crippen LogP contribution in [0.25, 0.3) is 0 Å². The molecular weight excluding hydrogens is 292 g/mol. The van der Waals surface area contributed by atoms with Crippen LogP contribution in [0.3, 0.4) is 0 Å². The lowest BCUT2D eigenvalue weighted by atomic mass is 9.88. The molecule has 0 atom stereocenters. The highest BCUT2D eigenvalue weighted by molar-refractivity contribution is 5.98. The van der Waals surface area contributed by atoms with Gasteiger partial charge in [-0.05, 0) is 18.9 Å². The van der Waals surface area contributed by atoms with Gasteiger partial charge in [-0.3, -0.25) is 14.6 Å². The fourth-order valence-corrected chi connectivity index (χ4v) is 3.63. The van der Waals surface area contributed by atoms with Gasteiger partial charge in [0.25, 0.3) is 5.91 Å². The molecule has 2 fully saturated rings. The van der Waals surface area contributed by atoms with Gasteiger partial charge < -0.3 is 15.5 Å². The highest BCUT2D eigenvalue weighted by atomic mass is 16.2. The quantitative estimate of drug-likeness (QED) is 0.914. The van der Waals surface area contributed by atoms with E-state index in [4.69, 9.17) is 5.73 Å². The molecule has 1 aliphatic heterocycles. The van der Waals surface area contributed by atoms with Gasteiger partial charge in [0.1, 0.15) is 0 Å². The van der Waals surface area contributed by atoms with Gasteiger partial charge in [0, 0.05) is 44.5 Å². The average molecular weight is 316 g/mol. The van der Waals surface area contributed by atoms with Crippen LogP contribution in [-0.2, 0) is 4.79 Å². The topological polar surface area (TPSA) is 79.5 Å². The Bertz CT molecular complexity index is 576. The largest absolute Gasteiger partial charge is 0.367 e. The van der Waals surface area contributed by atoms with E-state index in [2.05, 4.69) is 9.88 Å². The number of nitrogens with zero attached hydrogens (tertiary/aromatic N) is 3. The summed E-state index contributed by atoms with van der Waals surface area (Å²) >= 11 is 0. The van der Waals surface area contributed by atoms with E-state index >= 15 is 0 Å². The Labute approximate surface area is 136 Å². The maximum atomic E-state index is 12.6. The first kappa shape index (κ1) is 15.8. The van der Waals surface area contributed by atoms with Crippen molar-refractivity contribution in [3.8, 4) is 0 Å². The van der Waals surface area contributed by atoms with Gasteiger partial charge in [0.15, 0.2) is 0 Å². The van der Waals surface area contributed by atoms with Crippen molar-refractivity contribution in [3.05, 3.63) is 24.0 Å². The number of nitrogens with two attached hydrogens (primary N) is 1. The molecule has 6 heteroatoms. The number of rotatable bonds is 3. The van der Waals surface area contributed by atoms with Crippen molar-refractivity contribution < 1.29 is 9.59 Å². The molecule has 2 heterocycles. The van der Waals surface area contributed by atoms with Gasteiger partial charge in [-0.15, -0.1) is 0 Å². The Morgan fingerprint density at radius 1 is 1.09 bits per heavy atom. The molecule has 2 N–H and O–H groups in total. The SMILES string of the molecule is NC(=O)c1cnccc1N1CCN(C(=O)C2CCCCC2)CC1. The zero-order valence-corrected chi connectivity index (χ0v) is 13.4. The summed E-state index contributed by atoms with van der Waals surface area (Å²) in [6.45, 7) is 2.86. The molecular formula is C17H24N4O2. The van der Waals surface area contributed by atoms with Crippen LogP contribution in [-0.4, -0.2) is 47.9 Å². The molecule has 0 aromatic carbocycles. The second-order valence-corrected chi connectivity index (χ2v) is 6.40. The first-order valence-corrected chi connectivity index (χ1v) is 8.44. The van der Waals surface area contributed by atoms with Gasteiger partial charge in [-0.25, -0.2) is 0 Å². The number of primary amides is 1. The monoisotopic (exact) mass is 316 g/mol. The lowest BCUT2D eigenvalue weighted by Crippen LogP contribution is -2.51. The molecule has 0 bridgehead atoms. The molecule has 23 heavy (non-hydrogen) atoms. The number of carbonyl (C=O) groups excluding carboxylic acids is 2. The summed E-state index contributed by atoms with van der Waals surface area (Å²) in [4.78, 5) is 32.2. The molecule has 2 aliphatic rings. The van der Waals surface area contributed by atoms with Gasteiger partial charge in [-0.2, -0.15) is 0 Å². The molecule has 1 aliphatic carbocycles. The number of hydrogen-bond acceptors (Lipinski definition) is 4. The van der Waals surface area contributed by atoms with Gasteiger partial charge in [0.05, 0.1) is 11.3 Å². The molecule has 1 aromatic rings. The summed E-state index contributed by atoms with van der Waals surface area (Å²) in [5, 5.41) is 0. The Balaban J connectivity index is 1.62. The zero-order chi connectivity index (χ0) is 16.2. The second-order valence-electron chi connectivity index (χ2n) is 6.40. The first-order chi connectivity index (χ1) is 11.2. The maximum Gasteiger partial charge on any atom is 0.252 e.